The molecule has 3 nitrogen and oxygen atoms in total. The van der Waals surface area contributed by atoms with Gasteiger partial charge in [-0.3, -0.25) is 9.59 Å². The Kier molecular flexibility index (Phi) is 4.09. The van der Waals surface area contributed by atoms with E-state index in [2.05, 4.69) is 20.8 Å². The van der Waals surface area contributed by atoms with Crippen LogP contribution in [0.4, 0.5) is 0 Å². The summed E-state index contributed by atoms with van der Waals surface area (Å²) >= 11 is 0. The molecular weight excluding hydrogens is 312 g/mol. The van der Waals surface area contributed by atoms with E-state index in [1.54, 1.807) is 0 Å². The summed E-state index contributed by atoms with van der Waals surface area (Å²) < 4.78 is 5.55. The molecule has 4 fully saturated rings. The second-order valence-electron chi connectivity index (χ2n) is 10.1. The predicted octanol–water partition coefficient (Wildman–Crippen LogP) is 4.78. The zero-order chi connectivity index (χ0) is 18.0. The van der Waals surface area contributed by atoms with Crippen molar-refractivity contribution in [3.05, 3.63) is 0 Å². The van der Waals surface area contributed by atoms with Gasteiger partial charge in [-0.15, -0.1) is 0 Å². The molecule has 0 aromatic heterocycles. The van der Waals surface area contributed by atoms with Crippen LogP contribution >= 0.6 is 0 Å². The van der Waals surface area contributed by atoms with E-state index >= 15 is 0 Å². The second-order valence-corrected chi connectivity index (χ2v) is 10.1. The molecule has 0 aliphatic heterocycles. The fraction of sp³-hybridized carbons (Fsp3) is 0.909. The zero-order valence-corrected chi connectivity index (χ0v) is 16.3. The fourth-order valence-corrected chi connectivity index (χ4v) is 7.67. The third-order valence-electron chi connectivity index (χ3n) is 8.96. The third kappa shape index (κ3) is 2.51. The highest BCUT2D eigenvalue weighted by Gasteiger charge is 2.61. The molecule has 25 heavy (non-hydrogen) atoms. The van der Waals surface area contributed by atoms with E-state index < -0.39 is 0 Å². The first-order valence-corrected chi connectivity index (χ1v) is 10.5. The number of carbonyl (C=O) groups excluding carboxylic acids is 2. The van der Waals surface area contributed by atoms with Crippen LogP contribution in [0, 0.1) is 40.4 Å². The van der Waals surface area contributed by atoms with Gasteiger partial charge in [-0.1, -0.05) is 20.8 Å². The number of carbonyl (C=O) groups is 2. The van der Waals surface area contributed by atoms with Gasteiger partial charge < -0.3 is 4.74 Å². The van der Waals surface area contributed by atoms with Gasteiger partial charge in [0.2, 0.25) is 0 Å². The molecular formula is C22H34O3. The van der Waals surface area contributed by atoms with Crippen molar-refractivity contribution in [3.63, 3.8) is 0 Å². The lowest BCUT2D eigenvalue weighted by molar-refractivity contribution is -0.160. The number of rotatable bonds is 1. The minimum Gasteiger partial charge on any atom is -0.463 e. The molecule has 8 atom stereocenters. The number of hydrogen-bond donors (Lipinski definition) is 0. The van der Waals surface area contributed by atoms with E-state index in [4.69, 9.17) is 4.74 Å². The molecule has 140 valence electrons. The molecule has 0 spiro atoms. The van der Waals surface area contributed by atoms with Gasteiger partial charge >= 0.3 is 5.97 Å². The summed E-state index contributed by atoms with van der Waals surface area (Å²) in [6, 6.07) is 0. The quantitative estimate of drug-likeness (QED) is 0.642. The largest absolute Gasteiger partial charge is 0.463 e. The molecule has 3 heteroatoms. The first kappa shape index (κ1) is 17.5. The maximum Gasteiger partial charge on any atom is 0.302 e. The van der Waals surface area contributed by atoms with E-state index in [1.165, 1.54) is 32.6 Å². The molecule has 4 aliphatic carbocycles. The number of fused-ring (bicyclic) bond motifs is 5. The molecule has 4 aliphatic rings. The molecule has 4 saturated carbocycles. The number of ketones is 1. The Morgan fingerprint density at radius 2 is 1.80 bits per heavy atom. The lowest BCUT2D eigenvalue weighted by atomic mass is 9.45. The van der Waals surface area contributed by atoms with Gasteiger partial charge in [0.15, 0.2) is 0 Å². The summed E-state index contributed by atoms with van der Waals surface area (Å²) in [5.41, 5.74) is 0.342. The highest BCUT2D eigenvalue weighted by atomic mass is 16.5. The van der Waals surface area contributed by atoms with E-state index in [0.717, 1.165) is 37.5 Å². The van der Waals surface area contributed by atoms with Gasteiger partial charge in [-0.2, -0.15) is 0 Å². The van der Waals surface area contributed by atoms with Gasteiger partial charge in [-0.25, -0.2) is 0 Å². The van der Waals surface area contributed by atoms with Crippen molar-refractivity contribution in [2.24, 2.45) is 40.4 Å². The van der Waals surface area contributed by atoms with E-state index in [9.17, 15) is 9.59 Å². The van der Waals surface area contributed by atoms with Crippen LogP contribution < -0.4 is 0 Å². The number of Topliss-reactive ketones (excluding diaryl/α,β-unsaturated/α-hetero) is 1. The Morgan fingerprint density at radius 1 is 1.04 bits per heavy atom. The Bertz CT molecular complexity index is 584. The van der Waals surface area contributed by atoms with Gasteiger partial charge in [0, 0.05) is 18.3 Å². The maximum absolute atomic E-state index is 12.8. The lowest BCUT2D eigenvalue weighted by Crippen LogP contribution is -2.54. The van der Waals surface area contributed by atoms with Gasteiger partial charge in [0.1, 0.15) is 11.9 Å². The molecule has 0 saturated heterocycles. The molecule has 0 amide bonds. The van der Waals surface area contributed by atoms with E-state index in [-0.39, 0.29) is 23.4 Å². The minimum absolute atomic E-state index is 0.0429. The summed E-state index contributed by atoms with van der Waals surface area (Å²) in [5, 5.41) is 0. The minimum atomic E-state index is -0.130. The summed E-state index contributed by atoms with van der Waals surface area (Å²) in [6.45, 7) is 8.47. The highest BCUT2D eigenvalue weighted by Crippen LogP contribution is 2.66. The topological polar surface area (TPSA) is 43.4 Å². The molecule has 0 N–H and O–H groups in total. The standard InChI is InChI=1S/C22H34O3/c1-13-11-19-17-6-5-15-12-16(25-14(2)23)7-9-21(15,3)18(17)8-10-22(19,4)20(13)24/h13,15-19H,5-12H2,1-4H3/t13-,15-,16+,17+,18+,19+,21-,22-/m0/s1. The highest BCUT2D eigenvalue weighted by molar-refractivity contribution is 5.89. The molecule has 0 radical (unpaired) electrons. The second kappa shape index (κ2) is 5.82. The van der Waals surface area contributed by atoms with Crippen molar-refractivity contribution in [3.8, 4) is 0 Å². The van der Waals surface area contributed by atoms with Crippen LogP contribution in [0.5, 0.6) is 0 Å². The molecule has 0 aromatic carbocycles. The van der Waals surface area contributed by atoms with Gasteiger partial charge in [0.25, 0.3) is 0 Å². The first-order chi connectivity index (χ1) is 11.8. The Labute approximate surface area is 152 Å². The van der Waals surface area contributed by atoms with Crippen molar-refractivity contribution < 1.29 is 14.3 Å². The molecule has 4 rings (SSSR count). The molecule has 0 bridgehead atoms. The number of esters is 1. The van der Waals surface area contributed by atoms with E-state index in [0.29, 0.717) is 23.0 Å². The van der Waals surface area contributed by atoms with Gasteiger partial charge in [-0.05, 0) is 80.5 Å². The molecule has 0 aromatic rings. The average molecular weight is 347 g/mol. The normalized spacial score (nSPS) is 52.1. The van der Waals surface area contributed by atoms with Crippen LogP contribution in [0.1, 0.15) is 79.1 Å². The summed E-state index contributed by atoms with van der Waals surface area (Å²) in [5.74, 6) is 3.47. The summed E-state index contributed by atoms with van der Waals surface area (Å²) in [7, 11) is 0. The lowest BCUT2D eigenvalue weighted by Gasteiger charge is -2.60. The number of ether oxygens (including phenoxy) is 1. The van der Waals surface area contributed by atoms with Crippen LogP contribution in [-0.2, 0) is 14.3 Å². The van der Waals surface area contributed by atoms with Crippen LogP contribution in [0.3, 0.4) is 0 Å². The van der Waals surface area contributed by atoms with Crippen molar-refractivity contribution in [2.75, 3.05) is 0 Å². The van der Waals surface area contributed by atoms with Crippen LogP contribution in [0.2, 0.25) is 0 Å². The van der Waals surface area contributed by atoms with E-state index in [1.807, 2.05) is 0 Å². The van der Waals surface area contributed by atoms with Crippen LogP contribution in [-0.4, -0.2) is 17.9 Å². The monoisotopic (exact) mass is 346 g/mol. The van der Waals surface area contributed by atoms with Gasteiger partial charge in [0.05, 0.1) is 0 Å². The summed E-state index contributed by atoms with van der Waals surface area (Å²) in [6.07, 6.45) is 9.36. The summed E-state index contributed by atoms with van der Waals surface area (Å²) in [4.78, 5) is 24.1. The first-order valence-electron chi connectivity index (χ1n) is 10.5. The van der Waals surface area contributed by atoms with Crippen molar-refractivity contribution >= 4 is 11.8 Å². The Hall–Kier alpha value is -0.860. The average Bonchev–Trinajstić information content (AvgIpc) is 2.78. The molecule has 0 unspecified atom stereocenters. The van der Waals surface area contributed by atoms with Crippen LogP contribution in [0.15, 0.2) is 0 Å². The SMILES string of the molecule is CC(=O)O[C@@H]1CC[C@@]2(C)[C@@H](CC[C@@H]3[C@H]2CC[C@]2(C)C(=O)[C@@H](C)C[C@H]32)C1. The van der Waals surface area contributed by atoms with Crippen molar-refractivity contribution in [1.29, 1.82) is 0 Å². The van der Waals surface area contributed by atoms with Crippen LogP contribution in [0.25, 0.3) is 0 Å². The Balaban J connectivity index is 1.55. The fourth-order valence-electron chi connectivity index (χ4n) is 7.67. The predicted molar refractivity (Wildman–Crippen MR) is 96.8 cm³/mol. The maximum atomic E-state index is 12.8. The Morgan fingerprint density at radius 3 is 2.52 bits per heavy atom. The smallest absolute Gasteiger partial charge is 0.302 e. The zero-order valence-electron chi connectivity index (χ0n) is 16.3. The molecule has 0 heterocycles. The third-order valence-corrected chi connectivity index (χ3v) is 8.96. The van der Waals surface area contributed by atoms with Crippen molar-refractivity contribution in [1.82, 2.24) is 0 Å². The van der Waals surface area contributed by atoms with Crippen molar-refractivity contribution in [2.45, 2.75) is 85.2 Å². The number of hydrogen-bond acceptors (Lipinski definition) is 3.